The molecule has 0 fully saturated rings. The maximum absolute atomic E-state index is 12.4. The molecular weight excluding hydrogens is 282 g/mol. The molecule has 0 aromatic carbocycles. The molecule has 0 heterocycles. The summed E-state index contributed by atoms with van der Waals surface area (Å²) < 4.78 is 0. The summed E-state index contributed by atoms with van der Waals surface area (Å²) in [7, 11) is 0. The van der Waals surface area contributed by atoms with Crippen LogP contribution in [0.5, 0.6) is 0 Å². The zero-order valence-corrected chi connectivity index (χ0v) is 16.3. The molecule has 138 valence electrons. The number of carbonyl (C=O) groups is 1. The van der Waals surface area contributed by atoms with E-state index in [1.54, 1.807) is 0 Å². The number of rotatable bonds is 17. The first kappa shape index (κ1) is 22.5. The van der Waals surface area contributed by atoms with E-state index in [2.05, 4.69) is 26.1 Å². The highest BCUT2D eigenvalue weighted by Gasteiger charge is 2.17. The molecule has 0 saturated heterocycles. The summed E-state index contributed by atoms with van der Waals surface area (Å²) in [4.78, 5) is 12.4. The minimum Gasteiger partial charge on any atom is -0.356 e. The van der Waals surface area contributed by atoms with Crippen LogP contribution in [0.25, 0.3) is 0 Å². The highest BCUT2D eigenvalue weighted by Crippen LogP contribution is 2.18. The minimum atomic E-state index is 0.263. The van der Waals surface area contributed by atoms with Gasteiger partial charge in [0.2, 0.25) is 5.91 Å². The molecule has 1 N–H and O–H groups in total. The molecule has 0 aliphatic rings. The highest BCUT2D eigenvalue weighted by atomic mass is 16.1. The van der Waals surface area contributed by atoms with E-state index in [-0.39, 0.29) is 5.92 Å². The van der Waals surface area contributed by atoms with E-state index in [0.29, 0.717) is 5.91 Å². The van der Waals surface area contributed by atoms with E-state index in [9.17, 15) is 4.79 Å². The normalized spacial score (nSPS) is 12.3. The second-order valence-corrected chi connectivity index (χ2v) is 7.10. The fourth-order valence-electron chi connectivity index (χ4n) is 3.13. The van der Waals surface area contributed by atoms with Crippen LogP contribution >= 0.6 is 0 Å². The quantitative estimate of drug-likeness (QED) is 0.299. The van der Waals surface area contributed by atoms with Crippen LogP contribution < -0.4 is 5.32 Å². The number of amides is 1. The van der Waals surface area contributed by atoms with Crippen molar-refractivity contribution in [3.63, 3.8) is 0 Å². The topological polar surface area (TPSA) is 29.1 Å². The lowest BCUT2D eigenvalue weighted by Gasteiger charge is -2.17. The molecule has 1 amide bonds. The van der Waals surface area contributed by atoms with Gasteiger partial charge < -0.3 is 5.32 Å². The first-order valence-corrected chi connectivity index (χ1v) is 10.5. The van der Waals surface area contributed by atoms with Crippen molar-refractivity contribution in [3.8, 4) is 0 Å². The largest absolute Gasteiger partial charge is 0.356 e. The molecule has 0 saturated carbocycles. The Morgan fingerprint density at radius 1 is 0.652 bits per heavy atom. The lowest BCUT2D eigenvalue weighted by Crippen LogP contribution is -2.31. The van der Waals surface area contributed by atoms with Gasteiger partial charge in [-0.05, 0) is 19.3 Å². The number of unbranched alkanes of at least 4 members (excludes halogenated alkanes) is 10. The van der Waals surface area contributed by atoms with E-state index < -0.39 is 0 Å². The number of carbonyl (C=O) groups excluding carboxylic acids is 1. The Kier molecular flexibility index (Phi) is 17.4. The lowest BCUT2D eigenvalue weighted by molar-refractivity contribution is -0.125. The van der Waals surface area contributed by atoms with Gasteiger partial charge in [0.25, 0.3) is 0 Å². The van der Waals surface area contributed by atoms with Gasteiger partial charge in [-0.1, -0.05) is 97.8 Å². The van der Waals surface area contributed by atoms with Crippen LogP contribution in [0.4, 0.5) is 0 Å². The summed E-state index contributed by atoms with van der Waals surface area (Å²) >= 11 is 0. The molecule has 23 heavy (non-hydrogen) atoms. The Morgan fingerprint density at radius 2 is 1.09 bits per heavy atom. The predicted octanol–water partition coefficient (Wildman–Crippen LogP) is 6.63. The Bertz CT molecular complexity index is 252. The van der Waals surface area contributed by atoms with Crippen LogP contribution in [0.2, 0.25) is 0 Å². The molecule has 0 aromatic rings. The van der Waals surface area contributed by atoms with Crippen LogP contribution in [0, 0.1) is 5.92 Å². The highest BCUT2D eigenvalue weighted by molar-refractivity contribution is 5.78. The molecule has 0 aromatic heterocycles. The van der Waals surface area contributed by atoms with Gasteiger partial charge in [-0.15, -0.1) is 0 Å². The second-order valence-electron chi connectivity index (χ2n) is 7.10. The van der Waals surface area contributed by atoms with Crippen LogP contribution in [0.3, 0.4) is 0 Å². The second kappa shape index (κ2) is 17.8. The third kappa shape index (κ3) is 14.8. The standard InChI is InChI=1S/C21H43NO/c1-4-7-10-12-15-18-20(17-14-9-6-3)21(23)22-19-16-13-11-8-5-2/h20H,4-19H2,1-3H3,(H,22,23). The van der Waals surface area contributed by atoms with E-state index >= 15 is 0 Å². The summed E-state index contributed by atoms with van der Waals surface area (Å²) in [6.07, 6.45) is 18.7. The Balaban J connectivity index is 3.92. The maximum Gasteiger partial charge on any atom is 0.223 e. The maximum atomic E-state index is 12.4. The number of hydrogen-bond acceptors (Lipinski definition) is 1. The smallest absolute Gasteiger partial charge is 0.223 e. The van der Waals surface area contributed by atoms with Gasteiger partial charge in [0.15, 0.2) is 0 Å². The molecule has 0 rings (SSSR count). The van der Waals surface area contributed by atoms with Crippen molar-refractivity contribution in [3.05, 3.63) is 0 Å². The van der Waals surface area contributed by atoms with Crippen molar-refractivity contribution in [1.82, 2.24) is 5.32 Å². The first-order chi connectivity index (χ1) is 11.3. The molecule has 2 heteroatoms. The zero-order chi connectivity index (χ0) is 17.2. The Labute approximate surface area is 146 Å². The molecule has 0 spiro atoms. The first-order valence-electron chi connectivity index (χ1n) is 10.5. The fourth-order valence-corrected chi connectivity index (χ4v) is 3.13. The number of nitrogens with one attached hydrogen (secondary N) is 1. The monoisotopic (exact) mass is 325 g/mol. The summed E-state index contributed by atoms with van der Waals surface area (Å²) in [5.41, 5.74) is 0. The third-order valence-electron chi connectivity index (χ3n) is 4.76. The molecule has 0 radical (unpaired) electrons. The van der Waals surface area contributed by atoms with Crippen molar-refractivity contribution in [2.75, 3.05) is 6.54 Å². The average Bonchev–Trinajstić information content (AvgIpc) is 2.56. The summed E-state index contributed by atoms with van der Waals surface area (Å²) in [6.45, 7) is 7.60. The van der Waals surface area contributed by atoms with Crippen LogP contribution in [0.1, 0.15) is 117 Å². The minimum absolute atomic E-state index is 0.263. The molecular formula is C21H43NO. The van der Waals surface area contributed by atoms with E-state index in [1.165, 1.54) is 77.0 Å². The van der Waals surface area contributed by atoms with Gasteiger partial charge in [-0.3, -0.25) is 4.79 Å². The van der Waals surface area contributed by atoms with Gasteiger partial charge in [-0.25, -0.2) is 0 Å². The summed E-state index contributed by atoms with van der Waals surface area (Å²) in [6, 6.07) is 0. The Morgan fingerprint density at radius 3 is 1.65 bits per heavy atom. The van der Waals surface area contributed by atoms with Crippen LogP contribution in [-0.2, 0) is 4.79 Å². The van der Waals surface area contributed by atoms with Gasteiger partial charge >= 0.3 is 0 Å². The zero-order valence-electron chi connectivity index (χ0n) is 16.3. The predicted molar refractivity (Wildman–Crippen MR) is 103 cm³/mol. The SMILES string of the molecule is CCCCCCCNC(=O)C(CCCCC)CCCCCCC. The van der Waals surface area contributed by atoms with Crippen LogP contribution in [-0.4, -0.2) is 12.5 Å². The molecule has 1 atom stereocenters. The van der Waals surface area contributed by atoms with Gasteiger partial charge in [0, 0.05) is 12.5 Å². The van der Waals surface area contributed by atoms with E-state index in [1.807, 2.05) is 0 Å². The summed E-state index contributed by atoms with van der Waals surface area (Å²) in [5, 5.41) is 3.20. The van der Waals surface area contributed by atoms with Crippen molar-refractivity contribution in [1.29, 1.82) is 0 Å². The third-order valence-corrected chi connectivity index (χ3v) is 4.76. The van der Waals surface area contributed by atoms with Gasteiger partial charge in [-0.2, -0.15) is 0 Å². The van der Waals surface area contributed by atoms with Crippen molar-refractivity contribution in [2.45, 2.75) is 117 Å². The molecule has 1 unspecified atom stereocenters. The molecule has 0 aliphatic carbocycles. The van der Waals surface area contributed by atoms with Crippen molar-refractivity contribution >= 4 is 5.91 Å². The lowest BCUT2D eigenvalue weighted by atomic mass is 9.93. The van der Waals surface area contributed by atoms with Gasteiger partial charge in [0.05, 0.1) is 0 Å². The van der Waals surface area contributed by atoms with Crippen molar-refractivity contribution in [2.24, 2.45) is 5.92 Å². The Hall–Kier alpha value is -0.530. The van der Waals surface area contributed by atoms with Crippen LogP contribution in [0.15, 0.2) is 0 Å². The van der Waals surface area contributed by atoms with Crippen molar-refractivity contribution < 1.29 is 4.79 Å². The fraction of sp³-hybridized carbons (Fsp3) is 0.952. The van der Waals surface area contributed by atoms with E-state index in [4.69, 9.17) is 0 Å². The molecule has 0 bridgehead atoms. The summed E-state index contributed by atoms with van der Waals surface area (Å²) in [5.74, 6) is 0.589. The number of hydrogen-bond donors (Lipinski definition) is 1. The van der Waals surface area contributed by atoms with Gasteiger partial charge in [0.1, 0.15) is 0 Å². The molecule has 2 nitrogen and oxygen atoms in total. The van der Waals surface area contributed by atoms with E-state index in [0.717, 1.165) is 25.8 Å². The molecule has 0 aliphatic heterocycles. The average molecular weight is 326 g/mol.